The molecule has 21 heavy (non-hydrogen) atoms. The molecule has 3 rings (SSSR count). The number of aromatic hydroxyl groups is 1. The fraction of sp³-hybridized carbons (Fsp3) is 0.385. The van der Waals surface area contributed by atoms with Gasteiger partial charge in [0.1, 0.15) is 17.5 Å². The summed E-state index contributed by atoms with van der Waals surface area (Å²) >= 11 is 0. The Morgan fingerprint density at radius 2 is 2.14 bits per heavy atom. The van der Waals surface area contributed by atoms with Crippen molar-refractivity contribution in [3.8, 4) is 5.75 Å². The minimum atomic E-state index is -1.88. The molecule has 8 heteroatoms. The van der Waals surface area contributed by atoms with E-state index in [2.05, 4.69) is 9.97 Å². The molecule has 1 saturated heterocycles. The number of fused-ring (bicyclic) bond motifs is 1. The number of phenolic OH excluding ortho intramolecular Hbond substituents is 1. The number of nitrogen functional groups attached to an aromatic ring is 1. The second-order valence-corrected chi connectivity index (χ2v) is 5.03. The molecule has 0 radical (unpaired) electrons. The van der Waals surface area contributed by atoms with E-state index in [4.69, 9.17) is 15.6 Å². The Balaban J connectivity index is 2.16. The molecule has 0 unspecified atom stereocenters. The number of hydrogen-bond acceptors (Lipinski definition) is 8. The summed E-state index contributed by atoms with van der Waals surface area (Å²) in [6, 6.07) is 4.33. The van der Waals surface area contributed by atoms with Crippen LogP contribution in [0.3, 0.4) is 0 Å². The van der Waals surface area contributed by atoms with Crippen molar-refractivity contribution < 1.29 is 25.2 Å². The number of hydrogen-bond donors (Lipinski definition) is 5. The molecule has 1 fully saturated rings. The third-order valence-corrected chi connectivity index (χ3v) is 3.51. The van der Waals surface area contributed by atoms with Crippen molar-refractivity contribution in [2.75, 3.05) is 12.3 Å². The number of benzene rings is 1. The van der Waals surface area contributed by atoms with Crippen LogP contribution in [0.4, 0.5) is 5.95 Å². The van der Waals surface area contributed by atoms with Gasteiger partial charge in [-0.3, -0.25) is 0 Å². The summed E-state index contributed by atoms with van der Waals surface area (Å²) in [4.78, 5) is 7.99. The van der Waals surface area contributed by atoms with Gasteiger partial charge < -0.3 is 30.9 Å². The number of anilines is 1. The molecule has 2 heterocycles. The molecule has 0 aliphatic carbocycles. The summed E-state index contributed by atoms with van der Waals surface area (Å²) in [6.07, 6.45) is -2.08. The van der Waals surface area contributed by atoms with Gasteiger partial charge in [-0.25, -0.2) is 9.97 Å². The first-order valence-electron chi connectivity index (χ1n) is 6.39. The molecule has 0 saturated carbocycles. The highest BCUT2D eigenvalue weighted by atomic mass is 16.7. The van der Waals surface area contributed by atoms with Crippen LogP contribution in [0.2, 0.25) is 0 Å². The predicted octanol–water partition coefficient (Wildman–Crippen LogP) is -0.795. The Morgan fingerprint density at radius 1 is 1.38 bits per heavy atom. The lowest BCUT2D eigenvalue weighted by Gasteiger charge is -2.23. The topological polar surface area (TPSA) is 142 Å². The molecule has 2 aromatic rings. The van der Waals surface area contributed by atoms with Crippen LogP contribution >= 0.6 is 0 Å². The van der Waals surface area contributed by atoms with E-state index in [1.807, 2.05) is 0 Å². The third-order valence-electron chi connectivity index (χ3n) is 3.51. The zero-order valence-corrected chi connectivity index (χ0v) is 11.0. The van der Waals surface area contributed by atoms with Gasteiger partial charge in [0.05, 0.1) is 18.2 Å². The van der Waals surface area contributed by atoms with Crippen LogP contribution in [0.1, 0.15) is 12.1 Å². The largest absolute Gasteiger partial charge is 0.508 e. The van der Waals surface area contributed by atoms with Crippen LogP contribution in [-0.4, -0.2) is 49.2 Å². The average Bonchev–Trinajstić information content (AvgIpc) is 2.73. The Kier molecular flexibility index (Phi) is 3.18. The average molecular weight is 293 g/mol. The quantitative estimate of drug-likeness (QED) is 0.484. The van der Waals surface area contributed by atoms with Gasteiger partial charge in [-0.1, -0.05) is 0 Å². The van der Waals surface area contributed by atoms with E-state index in [0.717, 1.165) is 0 Å². The molecule has 1 aromatic heterocycles. The minimum absolute atomic E-state index is 0.000787. The number of ether oxygens (including phenoxy) is 1. The number of aromatic nitrogens is 2. The molecule has 1 aromatic carbocycles. The highest BCUT2D eigenvalue weighted by Crippen LogP contribution is 2.39. The molecule has 0 amide bonds. The molecule has 8 nitrogen and oxygen atoms in total. The fourth-order valence-electron chi connectivity index (χ4n) is 2.54. The van der Waals surface area contributed by atoms with Gasteiger partial charge in [-0.05, 0) is 12.1 Å². The molecule has 0 bridgehead atoms. The summed E-state index contributed by atoms with van der Waals surface area (Å²) < 4.78 is 5.34. The fourth-order valence-corrected chi connectivity index (χ4v) is 2.54. The standard InChI is InChI=1S/C13H15N3O5/c14-12-15-8-3-6(18)1-2-7(8)11(16-12)13(20)4-9(19)10(5-17)21-13/h1-3,9-10,17-20H,4-5H2,(H2,14,15,16)/t9-,10+,13+/m0/s1. The van der Waals surface area contributed by atoms with Crippen molar-refractivity contribution in [2.24, 2.45) is 0 Å². The van der Waals surface area contributed by atoms with Crippen LogP contribution < -0.4 is 5.73 Å². The number of phenols is 1. The maximum atomic E-state index is 10.6. The lowest BCUT2D eigenvalue weighted by atomic mass is 10.0. The summed E-state index contributed by atoms with van der Waals surface area (Å²) in [5.74, 6) is -1.97. The predicted molar refractivity (Wildman–Crippen MR) is 72.1 cm³/mol. The molecule has 6 N–H and O–H groups in total. The van der Waals surface area contributed by atoms with E-state index < -0.39 is 24.6 Å². The van der Waals surface area contributed by atoms with Gasteiger partial charge in [0, 0.05) is 17.9 Å². The SMILES string of the molecule is Nc1nc([C@@]2(O)C[C@H](O)[C@@H](CO)O2)c2ccc(O)cc2n1. The molecular weight excluding hydrogens is 278 g/mol. The van der Waals surface area contributed by atoms with Crippen molar-refractivity contribution in [1.29, 1.82) is 0 Å². The molecule has 3 atom stereocenters. The minimum Gasteiger partial charge on any atom is -0.508 e. The van der Waals surface area contributed by atoms with Crippen LogP contribution in [0.5, 0.6) is 5.75 Å². The Morgan fingerprint density at radius 3 is 2.81 bits per heavy atom. The van der Waals surface area contributed by atoms with E-state index in [1.54, 1.807) is 0 Å². The maximum Gasteiger partial charge on any atom is 0.221 e. The first-order chi connectivity index (χ1) is 9.93. The van der Waals surface area contributed by atoms with Gasteiger partial charge in [0.25, 0.3) is 0 Å². The van der Waals surface area contributed by atoms with E-state index in [9.17, 15) is 15.3 Å². The van der Waals surface area contributed by atoms with Crippen molar-refractivity contribution in [3.05, 3.63) is 23.9 Å². The number of aliphatic hydroxyl groups excluding tert-OH is 2. The van der Waals surface area contributed by atoms with Gasteiger partial charge in [-0.15, -0.1) is 0 Å². The highest BCUT2D eigenvalue weighted by molar-refractivity contribution is 5.83. The summed E-state index contributed by atoms with van der Waals surface area (Å²) in [5, 5.41) is 39.5. The Labute approximate surface area is 119 Å². The van der Waals surface area contributed by atoms with E-state index in [1.165, 1.54) is 18.2 Å². The molecule has 1 aliphatic rings. The molecule has 1 aliphatic heterocycles. The van der Waals surface area contributed by atoms with Crippen LogP contribution in [0.15, 0.2) is 18.2 Å². The molecule has 0 spiro atoms. The van der Waals surface area contributed by atoms with Crippen molar-refractivity contribution in [3.63, 3.8) is 0 Å². The lowest BCUT2D eigenvalue weighted by Crippen LogP contribution is -2.29. The van der Waals surface area contributed by atoms with E-state index >= 15 is 0 Å². The highest BCUT2D eigenvalue weighted by Gasteiger charge is 2.47. The Hall–Kier alpha value is -2.00. The van der Waals surface area contributed by atoms with Gasteiger partial charge in [0.2, 0.25) is 11.7 Å². The van der Waals surface area contributed by atoms with Crippen LogP contribution in [-0.2, 0) is 10.5 Å². The number of nitrogens with zero attached hydrogens (tertiary/aromatic N) is 2. The number of rotatable bonds is 2. The first-order valence-corrected chi connectivity index (χ1v) is 6.39. The maximum absolute atomic E-state index is 10.6. The summed E-state index contributed by atoms with van der Waals surface area (Å²) in [6.45, 7) is -0.428. The van der Waals surface area contributed by atoms with Gasteiger partial charge in [-0.2, -0.15) is 0 Å². The summed E-state index contributed by atoms with van der Waals surface area (Å²) in [7, 11) is 0. The molecule has 112 valence electrons. The zero-order valence-electron chi connectivity index (χ0n) is 11.0. The monoisotopic (exact) mass is 293 g/mol. The third kappa shape index (κ3) is 2.28. The number of nitrogens with two attached hydrogens (primary N) is 1. The van der Waals surface area contributed by atoms with Crippen molar-refractivity contribution in [1.82, 2.24) is 9.97 Å². The van der Waals surface area contributed by atoms with Crippen LogP contribution in [0.25, 0.3) is 10.9 Å². The normalized spacial score (nSPS) is 29.1. The van der Waals surface area contributed by atoms with Gasteiger partial charge >= 0.3 is 0 Å². The second-order valence-electron chi connectivity index (χ2n) is 5.03. The smallest absolute Gasteiger partial charge is 0.221 e. The van der Waals surface area contributed by atoms with Crippen molar-refractivity contribution >= 4 is 16.9 Å². The lowest BCUT2D eigenvalue weighted by molar-refractivity contribution is -0.208. The number of aliphatic hydroxyl groups is 3. The van der Waals surface area contributed by atoms with E-state index in [0.29, 0.717) is 10.9 Å². The van der Waals surface area contributed by atoms with Gasteiger partial charge in [0.15, 0.2) is 0 Å². The van der Waals surface area contributed by atoms with E-state index in [-0.39, 0.29) is 23.8 Å². The summed E-state index contributed by atoms with van der Waals surface area (Å²) in [5.41, 5.74) is 6.06. The van der Waals surface area contributed by atoms with Crippen LogP contribution in [0, 0.1) is 0 Å². The zero-order chi connectivity index (χ0) is 15.2. The van der Waals surface area contributed by atoms with Crippen molar-refractivity contribution in [2.45, 2.75) is 24.4 Å². The first kappa shape index (κ1) is 14.0. The molecular formula is C13H15N3O5. The second kappa shape index (κ2) is 4.78. The Bertz CT molecular complexity index is 690.